The Morgan fingerprint density at radius 3 is 2.93 bits per heavy atom. The van der Waals surface area contributed by atoms with Crippen LogP contribution >= 0.6 is 0 Å². The first kappa shape index (κ1) is 11.3. The first-order valence-electron chi connectivity index (χ1n) is 4.92. The van der Waals surface area contributed by atoms with E-state index in [1.165, 1.54) is 0 Å². The highest BCUT2D eigenvalue weighted by Gasteiger charge is 2.32. The average molecular weight is 201 g/mol. The fraction of sp³-hybridized carbons (Fsp3) is 0.889. The van der Waals surface area contributed by atoms with Crippen LogP contribution in [0.4, 0.5) is 4.79 Å². The predicted octanol–water partition coefficient (Wildman–Crippen LogP) is 0.507. The molecule has 1 aliphatic rings. The molecule has 0 bridgehead atoms. The van der Waals surface area contributed by atoms with Gasteiger partial charge in [-0.1, -0.05) is 0 Å². The summed E-state index contributed by atoms with van der Waals surface area (Å²) in [5.41, 5.74) is 1.96. The van der Waals surface area contributed by atoms with E-state index >= 15 is 0 Å². The number of nitrogens with one attached hydrogen (secondary N) is 2. The van der Waals surface area contributed by atoms with Gasteiger partial charge < -0.3 is 10.1 Å². The van der Waals surface area contributed by atoms with Crippen LogP contribution in [0.15, 0.2) is 0 Å². The zero-order valence-corrected chi connectivity index (χ0v) is 8.80. The summed E-state index contributed by atoms with van der Waals surface area (Å²) < 4.78 is 5.42. The molecular weight excluding hydrogens is 182 g/mol. The van der Waals surface area contributed by atoms with Crippen molar-refractivity contribution in [3.05, 3.63) is 0 Å². The van der Waals surface area contributed by atoms with Gasteiger partial charge in [0, 0.05) is 13.2 Å². The molecule has 1 rings (SSSR count). The van der Waals surface area contributed by atoms with Crippen LogP contribution in [0.5, 0.6) is 0 Å². The quantitative estimate of drug-likeness (QED) is 0.346. The molecule has 2 unspecified atom stereocenters. The molecule has 82 valence electrons. The summed E-state index contributed by atoms with van der Waals surface area (Å²) in [7, 11) is 1.71. The molecule has 1 saturated carbocycles. The second-order valence-electron chi connectivity index (χ2n) is 4.07. The lowest BCUT2D eigenvalue weighted by Crippen LogP contribution is -2.49. The van der Waals surface area contributed by atoms with E-state index in [-0.39, 0.29) is 17.7 Å². The van der Waals surface area contributed by atoms with Crippen LogP contribution in [0.25, 0.3) is 0 Å². The number of rotatable bonds is 2. The molecule has 0 heterocycles. The molecule has 0 aromatic rings. The van der Waals surface area contributed by atoms with E-state index in [9.17, 15) is 4.79 Å². The van der Waals surface area contributed by atoms with Gasteiger partial charge in [0.25, 0.3) is 0 Å². The van der Waals surface area contributed by atoms with Gasteiger partial charge in [-0.05, 0) is 32.6 Å². The minimum atomic E-state index is -0.324. The van der Waals surface area contributed by atoms with Gasteiger partial charge in [0.1, 0.15) is 0 Å². The Balaban J connectivity index is 2.44. The second-order valence-corrected chi connectivity index (χ2v) is 4.07. The fourth-order valence-corrected chi connectivity index (χ4v) is 1.98. The molecular formula is C9H19N3O2. The lowest BCUT2D eigenvalue weighted by Gasteiger charge is -2.37. The van der Waals surface area contributed by atoms with E-state index in [1.807, 2.05) is 0 Å². The van der Waals surface area contributed by atoms with Gasteiger partial charge in [0.2, 0.25) is 0 Å². The Labute approximate surface area is 84.3 Å². The van der Waals surface area contributed by atoms with Crippen LogP contribution in [0, 0.1) is 0 Å². The molecule has 5 nitrogen and oxygen atoms in total. The Morgan fingerprint density at radius 2 is 2.36 bits per heavy atom. The van der Waals surface area contributed by atoms with E-state index in [1.54, 1.807) is 7.11 Å². The standard InChI is InChI=1S/C9H19N3O2/c1-9(14-2)5-3-4-7(6-9)11-8(13)12-10/h7H,3-6,10H2,1-2H3,(H2,11,12,13). The lowest BCUT2D eigenvalue weighted by molar-refractivity contribution is -0.0309. The summed E-state index contributed by atoms with van der Waals surface area (Å²) in [5, 5.41) is 2.80. The van der Waals surface area contributed by atoms with Crippen LogP contribution in [0.2, 0.25) is 0 Å². The molecule has 0 spiro atoms. The third kappa shape index (κ3) is 2.85. The van der Waals surface area contributed by atoms with Crippen molar-refractivity contribution in [2.45, 2.75) is 44.2 Å². The van der Waals surface area contributed by atoms with Crippen LogP contribution in [0.1, 0.15) is 32.6 Å². The molecule has 0 aliphatic heterocycles. The number of hydrazine groups is 1. The summed E-state index contributed by atoms with van der Waals surface area (Å²) in [6, 6.07) is -0.160. The van der Waals surface area contributed by atoms with Gasteiger partial charge >= 0.3 is 6.03 Å². The molecule has 0 radical (unpaired) electrons. The van der Waals surface area contributed by atoms with Crippen molar-refractivity contribution in [1.82, 2.24) is 10.7 Å². The molecule has 0 saturated heterocycles. The number of methoxy groups -OCH3 is 1. The molecule has 0 aromatic heterocycles. The summed E-state index contributed by atoms with van der Waals surface area (Å²) in [6.45, 7) is 2.07. The topological polar surface area (TPSA) is 76.4 Å². The minimum Gasteiger partial charge on any atom is -0.378 e. The summed E-state index contributed by atoms with van der Waals surface area (Å²) in [5.74, 6) is 5.00. The number of nitrogens with two attached hydrogens (primary N) is 1. The predicted molar refractivity (Wildman–Crippen MR) is 53.5 cm³/mol. The first-order chi connectivity index (χ1) is 6.59. The second kappa shape index (κ2) is 4.61. The zero-order valence-electron chi connectivity index (χ0n) is 8.80. The van der Waals surface area contributed by atoms with Crippen LogP contribution in [-0.4, -0.2) is 24.8 Å². The number of carbonyl (C=O) groups is 1. The summed E-state index contributed by atoms with van der Waals surface area (Å²) >= 11 is 0. The summed E-state index contributed by atoms with van der Waals surface area (Å²) in [6.07, 6.45) is 3.95. The van der Waals surface area contributed by atoms with Gasteiger partial charge in [0.15, 0.2) is 0 Å². The van der Waals surface area contributed by atoms with E-state index in [2.05, 4.69) is 17.7 Å². The SMILES string of the molecule is COC1(C)CCCC(NC(=O)NN)C1. The number of hydrogen-bond acceptors (Lipinski definition) is 3. The fourth-order valence-electron chi connectivity index (χ4n) is 1.98. The van der Waals surface area contributed by atoms with E-state index < -0.39 is 0 Å². The maximum atomic E-state index is 11.0. The number of ether oxygens (including phenoxy) is 1. The highest BCUT2D eigenvalue weighted by molar-refractivity contribution is 5.73. The highest BCUT2D eigenvalue weighted by Crippen LogP contribution is 2.30. The molecule has 2 atom stereocenters. The Bertz CT molecular complexity index is 210. The number of carbonyl (C=O) groups excluding carboxylic acids is 1. The Hall–Kier alpha value is -0.810. The van der Waals surface area contributed by atoms with Crippen molar-refractivity contribution >= 4 is 6.03 Å². The molecule has 5 heteroatoms. The summed E-state index contributed by atoms with van der Waals surface area (Å²) in [4.78, 5) is 11.0. The zero-order chi connectivity index (χ0) is 10.6. The van der Waals surface area contributed by atoms with E-state index in [4.69, 9.17) is 10.6 Å². The van der Waals surface area contributed by atoms with Crippen molar-refractivity contribution in [1.29, 1.82) is 0 Å². The largest absolute Gasteiger partial charge is 0.378 e. The first-order valence-corrected chi connectivity index (χ1v) is 4.92. The van der Waals surface area contributed by atoms with E-state index in [0.717, 1.165) is 25.7 Å². The van der Waals surface area contributed by atoms with Gasteiger partial charge in [-0.25, -0.2) is 10.6 Å². The maximum absolute atomic E-state index is 11.0. The Morgan fingerprint density at radius 1 is 1.64 bits per heavy atom. The van der Waals surface area contributed by atoms with Gasteiger partial charge in [-0.2, -0.15) is 0 Å². The van der Waals surface area contributed by atoms with Crippen molar-refractivity contribution in [3.63, 3.8) is 0 Å². The normalized spacial score (nSPS) is 32.4. The third-order valence-corrected chi connectivity index (χ3v) is 2.90. The average Bonchev–Trinajstić information content (AvgIpc) is 2.18. The molecule has 4 N–H and O–H groups in total. The Kier molecular flexibility index (Phi) is 3.71. The molecule has 1 fully saturated rings. The maximum Gasteiger partial charge on any atom is 0.329 e. The lowest BCUT2D eigenvalue weighted by atomic mass is 9.83. The number of urea groups is 1. The monoisotopic (exact) mass is 201 g/mol. The number of amides is 2. The van der Waals surface area contributed by atoms with Crippen LogP contribution in [0.3, 0.4) is 0 Å². The molecule has 1 aliphatic carbocycles. The smallest absolute Gasteiger partial charge is 0.329 e. The van der Waals surface area contributed by atoms with E-state index in [0.29, 0.717) is 0 Å². The minimum absolute atomic E-state index is 0.106. The van der Waals surface area contributed by atoms with Crippen molar-refractivity contribution in [2.75, 3.05) is 7.11 Å². The third-order valence-electron chi connectivity index (χ3n) is 2.90. The van der Waals surface area contributed by atoms with Gasteiger partial charge in [-0.3, -0.25) is 5.43 Å². The van der Waals surface area contributed by atoms with Crippen molar-refractivity contribution < 1.29 is 9.53 Å². The highest BCUT2D eigenvalue weighted by atomic mass is 16.5. The van der Waals surface area contributed by atoms with Crippen molar-refractivity contribution in [2.24, 2.45) is 5.84 Å². The molecule has 0 aromatic carbocycles. The number of hydrogen-bond donors (Lipinski definition) is 3. The van der Waals surface area contributed by atoms with Gasteiger partial charge in [0.05, 0.1) is 5.60 Å². The van der Waals surface area contributed by atoms with Gasteiger partial charge in [-0.15, -0.1) is 0 Å². The molecule has 2 amide bonds. The molecule has 14 heavy (non-hydrogen) atoms. The van der Waals surface area contributed by atoms with Crippen LogP contribution in [-0.2, 0) is 4.74 Å². The van der Waals surface area contributed by atoms with Crippen molar-refractivity contribution in [3.8, 4) is 0 Å². The van der Waals surface area contributed by atoms with Crippen LogP contribution < -0.4 is 16.6 Å².